The van der Waals surface area contributed by atoms with Crippen molar-refractivity contribution in [3.63, 3.8) is 0 Å². The number of amides is 2. The second-order valence-electron chi connectivity index (χ2n) is 11.8. The topological polar surface area (TPSA) is 89.9 Å². The molecule has 1 saturated carbocycles. The maximum atomic E-state index is 13.8. The first-order valence-electron chi connectivity index (χ1n) is 15.7. The standard InChI is InChI=1S/C38H41N3O4/c1-3-4-23-40(2)34-19-18-31(26-33(34)39-37(45)38(21-22-38)32-16-9-6-10-17-32)30-15-11-12-28(25-30)27-41(24-20-35(42)43)36(44)29-13-7-5-8-14-29/h5-19,25-26H,3-4,20-24,27H2,1-2H3,(H,39,45)(H,42,43). The molecule has 0 aromatic heterocycles. The number of nitrogens with zero attached hydrogens (tertiary/aromatic N) is 2. The van der Waals surface area contributed by atoms with E-state index in [-0.39, 0.29) is 31.3 Å². The third-order valence-electron chi connectivity index (χ3n) is 8.55. The highest BCUT2D eigenvalue weighted by Crippen LogP contribution is 2.49. The monoisotopic (exact) mass is 603 g/mol. The van der Waals surface area contributed by atoms with Crippen molar-refractivity contribution in [1.82, 2.24) is 4.90 Å². The molecule has 0 spiro atoms. The molecule has 1 aliphatic carbocycles. The van der Waals surface area contributed by atoms with E-state index in [2.05, 4.69) is 36.3 Å². The van der Waals surface area contributed by atoms with Gasteiger partial charge in [0.05, 0.1) is 23.2 Å². The Bertz CT molecular complexity index is 1630. The number of hydrogen-bond acceptors (Lipinski definition) is 4. The van der Waals surface area contributed by atoms with Crippen LogP contribution in [0.5, 0.6) is 0 Å². The molecule has 0 unspecified atom stereocenters. The van der Waals surface area contributed by atoms with Gasteiger partial charge in [0, 0.05) is 32.2 Å². The van der Waals surface area contributed by atoms with Crippen LogP contribution in [0.4, 0.5) is 11.4 Å². The van der Waals surface area contributed by atoms with Gasteiger partial charge in [-0.3, -0.25) is 14.4 Å². The molecule has 0 radical (unpaired) electrons. The van der Waals surface area contributed by atoms with Crippen molar-refractivity contribution in [3.05, 3.63) is 120 Å². The van der Waals surface area contributed by atoms with Gasteiger partial charge in [0.1, 0.15) is 0 Å². The van der Waals surface area contributed by atoms with Gasteiger partial charge in [-0.2, -0.15) is 0 Å². The molecule has 1 fully saturated rings. The predicted octanol–water partition coefficient (Wildman–Crippen LogP) is 7.38. The fourth-order valence-electron chi connectivity index (χ4n) is 5.75. The summed E-state index contributed by atoms with van der Waals surface area (Å²) in [7, 11) is 2.06. The zero-order valence-corrected chi connectivity index (χ0v) is 26.0. The molecule has 4 aromatic carbocycles. The Hall–Kier alpha value is -4.91. The number of benzene rings is 4. The minimum absolute atomic E-state index is 0.0123. The Morgan fingerprint density at radius 1 is 0.822 bits per heavy atom. The number of nitrogens with one attached hydrogen (secondary N) is 1. The molecule has 1 aliphatic rings. The Kier molecular flexibility index (Phi) is 9.98. The Morgan fingerprint density at radius 2 is 1.51 bits per heavy atom. The lowest BCUT2D eigenvalue weighted by molar-refractivity contribution is -0.137. The van der Waals surface area contributed by atoms with Gasteiger partial charge in [-0.1, -0.05) is 86.1 Å². The summed E-state index contributed by atoms with van der Waals surface area (Å²) >= 11 is 0. The van der Waals surface area contributed by atoms with Crippen LogP contribution in [0.1, 0.15) is 60.5 Å². The van der Waals surface area contributed by atoms with Crippen LogP contribution in [0.15, 0.2) is 103 Å². The fraction of sp³-hybridized carbons (Fsp3) is 0.289. The highest BCUT2D eigenvalue weighted by molar-refractivity contribution is 6.04. The van der Waals surface area contributed by atoms with E-state index in [1.54, 1.807) is 29.2 Å². The maximum absolute atomic E-state index is 13.8. The van der Waals surface area contributed by atoms with Crippen molar-refractivity contribution >= 4 is 29.2 Å². The quantitative estimate of drug-likeness (QED) is 0.157. The third-order valence-corrected chi connectivity index (χ3v) is 8.55. The molecule has 7 nitrogen and oxygen atoms in total. The molecule has 4 aromatic rings. The van der Waals surface area contributed by atoms with Gasteiger partial charge in [0.2, 0.25) is 5.91 Å². The van der Waals surface area contributed by atoms with Crippen LogP contribution >= 0.6 is 0 Å². The molecule has 0 saturated heterocycles. The summed E-state index contributed by atoms with van der Waals surface area (Å²) in [4.78, 5) is 42.3. The summed E-state index contributed by atoms with van der Waals surface area (Å²) < 4.78 is 0. The average Bonchev–Trinajstić information content (AvgIpc) is 3.88. The number of carbonyl (C=O) groups is 3. The van der Waals surface area contributed by atoms with Gasteiger partial charge in [0.25, 0.3) is 5.91 Å². The molecule has 2 amide bonds. The number of hydrogen-bond donors (Lipinski definition) is 2. The summed E-state index contributed by atoms with van der Waals surface area (Å²) in [5, 5.41) is 12.6. The van der Waals surface area contributed by atoms with Crippen LogP contribution in [0.25, 0.3) is 11.1 Å². The molecule has 7 heteroatoms. The molecular formula is C38H41N3O4. The molecule has 232 valence electrons. The first-order valence-corrected chi connectivity index (χ1v) is 15.7. The minimum atomic E-state index is -0.951. The largest absolute Gasteiger partial charge is 0.481 e. The van der Waals surface area contributed by atoms with Crippen LogP contribution in [0, 0.1) is 0 Å². The Labute approximate surface area is 265 Å². The van der Waals surface area contributed by atoms with E-state index < -0.39 is 11.4 Å². The van der Waals surface area contributed by atoms with Crippen molar-refractivity contribution in [2.45, 2.75) is 51.0 Å². The molecule has 5 rings (SSSR count). The SMILES string of the molecule is CCCCN(C)c1ccc(-c2cccc(CN(CCC(=O)O)C(=O)c3ccccc3)c2)cc1NC(=O)C1(c2ccccc2)CC1. The van der Waals surface area contributed by atoms with Crippen molar-refractivity contribution in [2.24, 2.45) is 0 Å². The molecular weight excluding hydrogens is 562 g/mol. The molecule has 0 heterocycles. The molecule has 0 aliphatic heterocycles. The molecule has 45 heavy (non-hydrogen) atoms. The Morgan fingerprint density at radius 3 is 2.18 bits per heavy atom. The number of anilines is 2. The van der Waals surface area contributed by atoms with Crippen molar-refractivity contribution in [3.8, 4) is 11.1 Å². The van der Waals surface area contributed by atoms with Crippen LogP contribution in [-0.4, -0.2) is 47.9 Å². The molecule has 2 N–H and O–H groups in total. The average molecular weight is 604 g/mol. The van der Waals surface area contributed by atoms with Crippen molar-refractivity contribution in [1.29, 1.82) is 0 Å². The van der Waals surface area contributed by atoms with E-state index in [1.165, 1.54) is 0 Å². The van der Waals surface area contributed by atoms with E-state index in [9.17, 15) is 19.5 Å². The fourth-order valence-corrected chi connectivity index (χ4v) is 5.75. The third kappa shape index (κ3) is 7.60. The second-order valence-corrected chi connectivity index (χ2v) is 11.8. The smallest absolute Gasteiger partial charge is 0.305 e. The summed E-state index contributed by atoms with van der Waals surface area (Å²) in [5.74, 6) is -1.15. The van der Waals surface area contributed by atoms with E-state index in [4.69, 9.17) is 0 Å². The zero-order chi connectivity index (χ0) is 31.8. The highest BCUT2D eigenvalue weighted by Gasteiger charge is 2.51. The lowest BCUT2D eigenvalue weighted by Crippen LogP contribution is -2.32. The van der Waals surface area contributed by atoms with Crippen molar-refractivity contribution < 1.29 is 19.5 Å². The van der Waals surface area contributed by atoms with Crippen molar-refractivity contribution in [2.75, 3.05) is 30.4 Å². The van der Waals surface area contributed by atoms with Crippen LogP contribution < -0.4 is 10.2 Å². The summed E-state index contributed by atoms with van der Waals surface area (Å²) in [5.41, 5.74) is 5.58. The number of rotatable bonds is 14. The normalized spacial score (nSPS) is 13.1. The molecule has 0 bridgehead atoms. The summed E-state index contributed by atoms with van der Waals surface area (Å²) in [6.45, 7) is 3.42. The Balaban J connectivity index is 1.43. The van der Waals surface area contributed by atoms with Crippen LogP contribution in [0.3, 0.4) is 0 Å². The van der Waals surface area contributed by atoms with E-state index in [0.29, 0.717) is 5.56 Å². The lowest BCUT2D eigenvalue weighted by Gasteiger charge is -2.25. The van der Waals surface area contributed by atoms with E-state index in [1.807, 2.05) is 66.7 Å². The van der Waals surface area contributed by atoms with Gasteiger partial charge >= 0.3 is 5.97 Å². The van der Waals surface area contributed by atoms with Gasteiger partial charge in [-0.05, 0) is 71.8 Å². The molecule has 0 atom stereocenters. The van der Waals surface area contributed by atoms with Gasteiger partial charge in [0.15, 0.2) is 0 Å². The van der Waals surface area contributed by atoms with E-state index >= 15 is 0 Å². The lowest BCUT2D eigenvalue weighted by atomic mass is 9.94. The predicted molar refractivity (Wildman–Crippen MR) is 179 cm³/mol. The van der Waals surface area contributed by atoms with Gasteiger partial charge < -0.3 is 20.2 Å². The first kappa shape index (κ1) is 31.5. The maximum Gasteiger partial charge on any atom is 0.305 e. The number of carboxylic acid groups (broad SMARTS) is 1. The second kappa shape index (κ2) is 14.2. The number of carbonyl (C=O) groups excluding carboxylic acids is 2. The minimum Gasteiger partial charge on any atom is -0.481 e. The zero-order valence-electron chi connectivity index (χ0n) is 26.0. The van der Waals surface area contributed by atoms with Crippen LogP contribution in [-0.2, 0) is 21.5 Å². The first-order chi connectivity index (χ1) is 21.8. The number of aliphatic carboxylic acids is 1. The van der Waals surface area contributed by atoms with Gasteiger partial charge in [-0.25, -0.2) is 0 Å². The number of unbranched alkanes of at least 4 members (excludes halogenated alkanes) is 1. The van der Waals surface area contributed by atoms with Gasteiger partial charge in [-0.15, -0.1) is 0 Å². The summed E-state index contributed by atoms with van der Waals surface area (Å²) in [6, 6.07) is 33.0. The van der Waals surface area contributed by atoms with Crippen LogP contribution in [0.2, 0.25) is 0 Å². The number of carboxylic acids is 1. The summed E-state index contributed by atoms with van der Waals surface area (Å²) in [6.07, 6.45) is 3.63. The van der Waals surface area contributed by atoms with E-state index in [0.717, 1.165) is 65.9 Å². The highest BCUT2D eigenvalue weighted by atomic mass is 16.4.